The summed E-state index contributed by atoms with van der Waals surface area (Å²) in [5, 5.41) is 19.1. The molecule has 1 heterocycles. The molecule has 0 aliphatic heterocycles. The van der Waals surface area contributed by atoms with Gasteiger partial charge in [0.05, 0.1) is 5.60 Å². The van der Waals surface area contributed by atoms with E-state index in [1.54, 1.807) is 6.92 Å². The summed E-state index contributed by atoms with van der Waals surface area (Å²) < 4.78 is 26.6. The number of aryl methyl sites for hydroxylation is 1. The van der Waals surface area contributed by atoms with Crippen LogP contribution in [0.5, 0.6) is 0 Å². The highest BCUT2D eigenvalue weighted by Gasteiger charge is 2.33. The summed E-state index contributed by atoms with van der Waals surface area (Å²) in [6.07, 6.45) is 2.94. The molecule has 1 fully saturated rings. The lowest BCUT2D eigenvalue weighted by Gasteiger charge is -2.21. The van der Waals surface area contributed by atoms with Crippen LogP contribution in [0.25, 0.3) is 0 Å². The van der Waals surface area contributed by atoms with Crippen LogP contribution in [0.1, 0.15) is 40.9 Å². The van der Waals surface area contributed by atoms with Crippen molar-refractivity contribution < 1.29 is 23.4 Å². The minimum atomic E-state index is -3.78. The molecule has 0 radical (unpaired) electrons. The number of thiophene rings is 1. The van der Waals surface area contributed by atoms with Crippen LogP contribution in [0.3, 0.4) is 0 Å². The van der Waals surface area contributed by atoms with Crippen molar-refractivity contribution in [1.29, 1.82) is 0 Å². The molecule has 0 atom stereocenters. The summed E-state index contributed by atoms with van der Waals surface area (Å²) in [5.41, 5.74) is -0.558. The van der Waals surface area contributed by atoms with Crippen LogP contribution in [-0.2, 0) is 10.0 Å². The number of nitrogens with one attached hydrogen (secondary N) is 1. The first kappa shape index (κ1) is 15.4. The summed E-state index contributed by atoms with van der Waals surface area (Å²) >= 11 is 0.724. The minimum Gasteiger partial charge on any atom is -0.477 e. The Bertz CT molecular complexity index is 614. The van der Waals surface area contributed by atoms with E-state index in [0.29, 0.717) is 18.4 Å². The van der Waals surface area contributed by atoms with Crippen LogP contribution in [0.4, 0.5) is 0 Å². The van der Waals surface area contributed by atoms with E-state index in [-0.39, 0.29) is 15.6 Å². The molecule has 8 heteroatoms. The number of carboxylic acids is 1. The van der Waals surface area contributed by atoms with Crippen LogP contribution < -0.4 is 4.72 Å². The van der Waals surface area contributed by atoms with E-state index < -0.39 is 21.6 Å². The zero-order valence-corrected chi connectivity index (χ0v) is 12.7. The second-order valence-electron chi connectivity index (χ2n) is 5.14. The maximum Gasteiger partial charge on any atom is 0.346 e. The summed E-state index contributed by atoms with van der Waals surface area (Å²) in [5.74, 6) is -1.14. The highest BCUT2D eigenvalue weighted by molar-refractivity contribution is 7.91. The molecular formula is C12H17NO5S2. The Labute approximate surface area is 121 Å². The normalized spacial score (nSPS) is 18.3. The van der Waals surface area contributed by atoms with Gasteiger partial charge in [0.1, 0.15) is 9.09 Å². The van der Waals surface area contributed by atoms with Crippen molar-refractivity contribution in [2.45, 2.75) is 42.4 Å². The molecule has 0 unspecified atom stereocenters. The van der Waals surface area contributed by atoms with Crippen molar-refractivity contribution >= 4 is 27.3 Å². The molecule has 1 aliphatic carbocycles. The van der Waals surface area contributed by atoms with Gasteiger partial charge < -0.3 is 10.2 Å². The molecule has 0 amide bonds. The Balaban J connectivity index is 2.14. The average molecular weight is 319 g/mol. The Morgan fingerprint density at radius 1 is 1.45 bits per heavy atom. The zero-order chi connectivity index (χ0) is 15.0. The first-order valence-electron chi connectivity index (χ1n) is 6.29. The first-order valence-corrected chi connectivity index (χ1v) is 8.59. The van der Waals surface area contributed by atoms with E-state index in [9.17, 15) is 18.3 Å². The molecular weight excluding hydrogens is 302 g/mol. The molecule has 0 saturated heterocycles. The van der Waals surface area contributed by atoms with Crippen LogP contribution in [0.15, 0.2) is 10.3 Å². The Kier molecular flexibility index (Phi) is 4.19. The van der Waals surface area contributed by atoms with Gasteiger partial charge in [-0.1, -0.05) is 12.8 Å². The van der Waals surface area contributed by atoms with Crippen molar-refractivity contribution in [3.05, 3.63) is 16.5 Å². The second-order valence-corrected chi connectivity index (χ2v) is 8.18. The van der Waals surface area contributed by atoms with Gasteiger partial charge in [-0.25, -0.2) is 17.9 Å². The molecule has 20 heavy (non-hydrogen) atoms. The molecule has 1 aromatic rings. The number of rotatable bonds is 5. The summed E-state index contributed by atoms with van der Waals surface area (Å²) in [6.45, 7) is 1.53. The van der Waals surface area contributed by atoms with Gasteiger partial charge in [-0.05, 0) is 31.4 Å². The van der Waals surface area contributed by atoms with Crippen molar-refractivity contribution in [1.82, 2.24) is 4.72 Å². The van der Waals surface area contributed by atoms with E-state index in [2.05, 4.69) is 4.72 Å². The number of sulfonamides is 1. The molecule has 3 N–H and O–H groups in total. The van der Waals surface area contributed by atoms with Crippen LogP contribution >= 0.6 is 11.3 Å². The highest BCUT2D eigenvalue weighted by atomic mass is 32.2. The number of hydrogen-bond donors (Lipinski definition) is 3. The van der Waals surface area contributed by atoms with E-state index in [1.807, 2.05) is 0 Å². The van der Waals surface area contributed by atoms with Crippen molar-refractivity contribution in [3.8, 4) is 0 Å². The van der Waals surface area contributed by atoms with Gasteiger partial charge in [-0.15, -0.1) is 11.3 Å². The molecule has 1 aromatic heterocycles. The smallest absolute Gasteiger partial charge is 0.346 e. The number of aromatic carboxylic acids is 1. The predicted molar refractivity (Wildman–Crippen MR) is 74.6 cm³/mol. The van der Waals surface area contributed by atoms with E-state index >= 15 is 0 Å². The largest absolute Gasteiger partial charge is 0.477 e. The van der Waals surface area contributed by atoms with E-state index in [0.717, 1.165) is 24.2 Å². The lowest BCUT2D eigenvalue weighted by Crippen LogP contribution is -2.40. The van der Waals surface area contributed by atoms with Crippen LogP contribution in [-0.4, -0.2) is 36.7 Å². The number of hydrogen-bond acceptors (Lipinski definition) is 5. The number of carboxylic acid groups (broad SMARTS) is 1. The summed E-state index contributed by atoms with van der Waals surface area (Å²) in [6, 6.07) is 1.34. The fourth-order valence-corrected chi connectivity index (χ4v) is 4.85. The summed E-state index contributed by atoms with van der Waals surface area (Å²) in [4.78, 5) is 11.0. The fourth-order valence-electron chi connectivity index (χ4n) is 2.31. The third kappa shape index (κ3) is 3.20. The maximum absolute atomic E-state index is 12.1. The molecule has 1 aliphatic rings. The summed E-state index contributed by atoms with van der Waals surface area (Å²) in [7, 11) is -3.78. The number of aliphatic hydroxyl groups is 1. The zero-order valence-electron chi connectivity index (χ0n) is 11.0. The highest BCUT2D eigenvalue weighted by Crippen LogP contribution is 2.30. The predicted octanol–water partition coefficient (Wildman–Crippen LogP) is 1.34. The lowest BCUT2D eigenvalue weighted by molar-refractivity contribution is 0.0531. The fraction of sp³-hybridized carbons (Fsp3) is 0.583. The van der Waals surface area contributed by atoms with Crippen LogP contribution in [0.2, 0.25) is 0 Å². The Hall–Kier alpha value is -0.960. The van der Waals surface area contributed by atoms with E-state index in [4.69, 9.17) is 5.11 Å². The van der Waals surface area contributed by atoms with Crippen molar-refractivity contribution in [3.63, 3.8) is 0 Å². The molecule has 1 saturated carbocycles. The van der Waals surface area contributed by atoms with Gasteiger partial charge in [0.25, 0.3) is 0 Å². The monoisotopic (exact) mass is 319 g/mol. The topological polar surface area (TPSA) is 104 Å². The van der Waals surface area contributed by atoms with Gasteiger partial charge >= 0.3 is 5.97 Å². The van der Waals surface area contributed by atoms with Gasteiger partial charge in [0.2, 0.25) is 10.0 Å². The van der Waals surface area contributed by atoms with Gasteiger partial charge in [-0.3, -0.25) is 0 Å². The van der Waals surface area contributed by atoms with Gasteiger partial charge in [0, 0.05) is 6.54 Å². The lowest BCUT2D eigenvalue weighted by atomic mass is 10.0. The molecule has 112 valence electrons. The first-order chi connectivity index (χ1) is 9.23. The molecule has 2 rings (SSSR count). The second kappa shape index (κ2) is 5.44. The molecule has 0 aromatic carbocycles. The Morgan fingerprint density at radius 3 is 2.55 bits per heavy atom. The quantitative estimate of drug-likeness (QED) is 0.760. The maximum atomic E-state index is 12.1. The third-order valence-electron chi connectivity index (χ3n) is 3.48. The third-order valence-corrected chi connectivity index (χ3v) is 6.58. The van der Waals surface area contributed by atoms with Gasteiger partial charge in [0.15, 0.2) is 0 Å². The number of carbonyl (C=O) groups is 1. The van der Waals surface area contributed by atoms with Crippen LogP contribution in [0, 0.1) is 6.92 Å². The standard InChI is InChI=1S/C12H17NO5S2/c1-8-6-9(19-10(8)11(14)15)20(17,18)13-7-12(16)4-2-3-5-12/h6,13,16H,2-5,7H2,1H3,(H,14,15). The van der Waals surface area contributed by atoms with Gasteiger partial charge in [-0.2, -0.15) is 0 Å². The van der Waals surface area contributed by atoms with Crippen molar-refractivity contribution in [2.75, 3.05) is 6.54 Å². The van der Waals surface area contributed by atoms with E-state index in [1.165, 1.54) is 6.07 Å². The average Bonchev–Trinajstić information content (AvgIpc) is 2.94. The molecule has 0 spiro atoms. The molecule has 0 bridgehead atoms. The molecule has 6 nitrogen and oxygen atoms in total. The Morgan fingerprint density at radius 2 is 2.05 bits per heavy atom. The van der Waals surface area contributed by atoms with Crippen molar-refractivity contribution in [2.24, 2.45) is 0 Å². The minimum absolute atomic E-state index is 0.0185. The SMILES string of the molecule is Cc1cc(S(=O)(=O)NCC2(O)CCCC2)sc1C(=O)O.